The van der Waals surface area contributed by atoms with Gasteiger partial charge in [-0.1, -0.05) is 41.6 Å². The van der Waals surface area contributed by atoms with Crippen LogP contribution in [0.25, 0.3) is 0 Å². The van der Waals surface area contributed by atoms with Gasteiger partial charge in [0.25, 0.3) is 0 Å². The summed E-state index contributed by atoms with van der Waals surface area (Å²) in [4.78, 5) is 4.96. The van der Waals surface area contributed by atoms with E-state index in [-0.39, 0.29) is 11.1 Å². The lowest BCUT2D eigenvalue weighted by atomic mass is 9.96. The van der Waals surface area contributed by atoms with Crippen LogP contribution in [-0.2, 0) is 0 Å². The molecule has 0 fully saturated rings. The lowest BCUT2D eigenvalue weighted by Crippen LogP contribution is -2.46. The zero-order valence-electron chi connectivity index (χ0n) is 15.1. The van der Waals surface area contributed by atoms with Gasteiger partial charge < -0.3 is 4.90 Å². The van der Waals surface area contributed by atoms with Crippen molar-refractivity contribution >= 4 is 34.7 Å². The average molecular weight is 371 g/mol. The number of hydrogen-bond acceptors (Lipinski definition) is 3. The predicted octanol–water partition coefficient (Wildman–Crippen LogP) is 6.03. The Labute approximate surface area is 159 Å². The first kappa shape index (κ1) is 17.0. The Morgan fingerprint density at radius 1 is 1.00 bits per heavy atom. The topological polar surface area (TPSA) is 15.3 Å². The van der Waals surface area contributed by atoms with E-state index in [4.69, 9.17) is 11.6 Å². The highest BCUT2D eigenvalue weighted by Gasteiger charge is 2.38. The van der Waals surface area contributed by atoms with Crippen molar-refractivity contribution in [1.82, 2.24) is 5.32 Å². The van der Waals surface area contributed by atoms with Crippen LogP contribution in [0.1, 0.15) is 27.7 Å². The summed E-state index contributed by atoms with van der Waals surface area (Å²) >= 11 is 8.14. The minimum Gasteiger partial charge on any atom is -0.335 e. The van der Waals surface area contributed by atoms with E-state index in [0.29, 0.717) is 0 Å². The minimum atomic E-state index is -0.0260. The van der Waals surface area contributed by atoms with E-state index in [0.717, 1.165) is 11.6 Å². The lowest BCUT2D eigenvalue weighted by molar-refractivity contribution is 0.386. The maximum atomic E-state index is 6.32. The van der Waals surface area contributed by atoms with Crippen molar-refractivity contribution in [3.63, 3.8) is 0 Å². The van der Waals surface area contributed by atoms with E-state index in [9.17, 15) is 0 Å². The van der Waals surface area contributed by atoms with Crippen molar-refractivity contribution in [2.75, 3.05) is 11.4 Å². The van der Waals surface area contributed by atoms with Gasteiger partial charge in [0.2, 0.25) is 0 Å². The first-order valence-corrected chi connectivity index (χ1v) is 9.80. The highest BCUT2D eigenvalue weighted by Crippen LogP contribution is 2.49. The van der Waals surface area contributed by atoms with Gasteiger partial charge in [-0.15, -0.1) is 0 Å². The van der Waals surface area contributed by atoms with Crippen molar-refractivity contribution in [1.29, 1.82) is 0 Å². The Bertz CT molecular complexity index is 870. The van der Waals surface area contributed by atoms with Crippen LogP contribution >= 0.6 is 23.4 Å². The van der Waals surface area contributed by atoms with Gasteiger partial charge in [-0.05, 0) is 63.6 Å². The molecule has 0 unspecified atom stereocenters. The van der Waals surface area contributed by atoms with Crippen molar-refractivity contribution in [2.45, 2.75) is 48.6 Å². The second kappa shape index (κ2) is 5.80. The number of nitrogens with zero attached hydrogens (tertiary/aromatic N) is 1. The van der Waals surface area contributed by atoms with Crippen LogP contribution in [0, 0.1) is 0 Å². The fourth-order valence-corrected chi connectivity index (χ4v) is 5.17. The Morgan fingerprint density at radius 3 is 2.44 bits per heavy atom. The molecule has 0 aromatic heterocycles. The normalized spacial score (nSPS) is 20.0. The zero-order valence-corrected chi connectivity index (χ0v) is 16.6. The molecule has 130 valence electrons. The molecule has 2 heterocycles. The van der Waals surface area contributed by atoms with E-state index < -0.39 is 0 Å². The predicted molar refractivity (Wildman–Crippen MR) is 108 cm³/mol. The molecule has 2 aliphatic rings. The molecule has 25 heavy (non-hydrogen) atoms. The molecule has 0 aliphatic carbocycles. The number of halogens is 1. The van der Waals surface area contributed by atoms with Crippen LogP contribution in [0.15, 0.2) is 63.9 Å². The summed E-state index contributed by atoms with van der Waals surface area (Å²) in [7, 11) is 0. The number of para-hydroxylation sites is 1. The van der Waals surface area contributed by atoms with E-state index in [1.807, 2.05) is 17.8 Å². The third kappa shape index (κ3) is 3.10. The molecule has 2 aromatic rings. The van der Waals surface area contributed by atoms with E-state index >= 15 is 0 Å². The summed E-state index contributed by atoms with van der Waals surface area (Å²) in [5.74, 6) is 0. The van der Waals surface area contributed by atoms with Gasteiger partial charge in [0, 0.05) is 32.4 Å². The number of fused-ring (bicyclic) bond motifs is 2. The SMILES string of the molecule is CC1(C)C=C(CN2c3ccccc3Sc3ccc(Cl)cc32)C(C)(C)N1. The van der Waals surface area contributed by atoms with Gasteiger partial charge >= 0.3 is 0 Å². The standard InChI is InChI=1S/C21H23ClN2S/c1-20(2)12-14(21(3,4)23-20)13-24-16-7-5-6-8-18(16)25-19-10-9-15(22)11-17(19)24/h5-12,23H,13H2,1-4H3. The van der Waals surface area contributed by atoms with Crippen molar-refractivity contribution in [2.24, 2.45) is 0 Å². The Hall–Kier alpha value is -1.42. The Balaban J connectivity index is 1.81. The summed E-state index contributed by atoms with van der Waals surface area (Å²) in [5, 5.41) is 4.50. The van der Waals surface area contributed by atoms with E-state index in [1.54, 1.807) is 0 Å². The quantitative estimate of drug-likeness (QED) is 0.650. The first-order chi connectivity index (χ1) is 11.8. The minimum absolute atomic E-state index is 0.0139. The fourth-order valence-electron chi connectivity index (χ4n) is 3.92. The van der Waals surface area contributed by atoms with Crippen LogP contribution in [0.2, 0.25) is 5.02 Å². The Kier molecular flexibility index (Phi) is 3.95. The van der Waals surface area contributed by atoms with Crippen molar-refractivity contribution in [3.05, 3.63) is 59.1 Å². The second-order valence-corrected chi connectivity index (χ2v) is 9.43. The fraction of sp³-hybridized carbons (Fsp3) is 0.333. The average Bonchev–Trinajstić information content (AvgIpc) is 2.74. The van der Waals surface area contributed by atoms with Gasteiger partial charge in [0.05, 0.1) is 11.4 Å². The Morgan fingerprint density at radius 2 is 1.72 bits per heavy atom. The molecule has 4 heteroatoms. The maximum absolute atomic E-state index is 6.32. The molecule has 0 saturated carbocycles. The number of benzene rings is 2. The maximum Gasteiger partial charge on any atom is 0.0570 e. The molecule has 0 saturated heterocycles. The largest absolute Gasteiger partial charge is 0.335 e. The molecule has 0 amide bonds. The third-order valence-corrected chi connectivity index (χ3v) is 6.25. The highest BCUT2D eigenvalue weighted by molar-refractivity contribution is 7.99. The van der Waals surface area contributed by atoms with E-state index in [1.165, 1.54) is 26.7 Å². The molecule has 4 rings (SSSR count). The molecule has 0 bridgehead atoms. The van der Waals surface area contributed by atoms with Gasteiger partial charge in [0.1, 0.15) is 0 Å². The van der Waals surface area contributed by atoms with Crippen molar-refractivity contribution in [3.8, 4) is 0 Å². The molecular weight excluding hydrogens is 348 g/mol. The number of rotatable bonds is 2. The number of hydrogen-bond donors (Lipinski definition) is 1. The van der Waals surface area contributed by atoms with Crippen LogP contribution < -0.4 is 10.2 Å². The van der Waals surface area contributed by atoms with E-state index in [2.05, 4.69) is 80.4 Å². The van der Waals surface area contributed by atoms with Gasteiger partial charge in [-0.25, -0.2) is 0 Å². The molecule has 0 radical (unpaired) electrons. The second-order valence-electron chi connectivity index (χ2n) is 7.91. The number of nitrogens with one attached hydrogen (secondary N) is 1. The number of anilines is 2. The molecule has 1 N–H and O–H groups in total. The monoisotopic (exact) mass is 370 g/mol. The van der Waals surface area contributed by atoms with Crippen molar-refractivity contribution < 1.29 is 0 Å². The van der Waals surface area contributed by atoms with Gasteiger partial charge in [0.15, 0.2) is 0 Å². The van der Waals surface area contributed by atoms with Crippen LogP contribution in [0.5, 0.6) is 0 Å². The van der Waals surface area contributed by atoms with Crippen LogP contribution in [0.3, 0.4) is 0 Å². The first-order valence-electron chi connectivity index (χ1n) is 8.61. The highest BCUT2D eigenvalue weighted by atomic mass is 35.5. The summed E-state index contributed by atoms with van der Waals surface area (Å²) in [6.45, 7) is 9.83. The van der Waals surface area contributed by atoms with Gasteiger partial charge in [-0.3, -0.25) is 5.32 Å². The van der Waals surface area contributed by atoms with Gasteiger partial charge in [-0.2, -0.15) is 0 Å². The summed E-state index contributed by atoms with van der Waals surface area (Å²) < 4.78 is 0. The molecule has 2 aliphatic heterocycles. The summed E-state index contributed by atoms with van der Waals surface area (Å²) in [6.07, 6.45) is 2.38. The third-order valence-electron chi connectivity index (χ3n) is 4.89. The molecule has 2 aromatic carbocycles. The van der Waals surface area contributed by atoms with Crippen LogP contribution in [0.4, 0.5) is 11.4 Å². The summed E-state index contributed by atoms with van der Waals surface area (Å²) in [5.41, 5.74) is 3.84. The zero-order chi connectivity index (χ0) is 17.8. The molecular formula is C21H23ClN2S. The molecule has 2 nitrogen and oxygen atoms in total. The summed E-state index contributed by atoms with van der Waals surface area (Å²) in [6, 6.07) is 14.8. The smallest absolute Gasteiger partial charge is 0.0570 e. The van der Waals surface area contributed by atoms with Crippen LogP contribution in [-0.4, -0.2) is 17.6 Å². The molecule has 0 spiro atoms. The molecule has 0 atom stereocenters. The lowest BCUT2D eigenvalue weighted by Gasteiger charge is -2.36.